The Morgan fingerprint density at radius 2 is 1.83 bits per heavy atom. The third-order valence-electron chi connectivity index (χ3n) is 4.20. The number of anilines is 2. The topological polar surface area (TPSA) is 85.2 Å². The molecule has 0 fully saturated rings. The predicted molar refractivity (Wildman–Crippen MR) is 102 cm³/mol. The number of rotatable bonds is 6. The summed E-state index contributed by atoms with van der Waals surface area (Å²) < 4.78 is 39.1. The maximum absolute atomic E-state index is 13.0. The molecule has 0 radical (unpaired) electrons. The van der Waals surface area contributed by atoms with Crippen molar-refractivity contribution in [1.29, 1.82) is 5.26 Å². The van der Waals surface area contributed by atoms with Gasteiger partial charge in [0.15, 0.2) is 0 Å². The molecule has 2 aromatic rings. The second kappa shape index (κ2) is 9.21. The quantitative estimate of drug-likeness (QED) is 0.772. The van der Waals surface area contributed by atoms with Crippen LogP contribution in [0.4, 0.5) is 24.5 Å². The van der Waals surface area contributed by atoms with Crippen molar-refractivity contribution in [3.8, 4) is 6.07 Å². The van der Waals surface area contributed by atoms with Crippen molar-refractivity contribution in [2.75, 3.05) is 24.2 Å². The first-order chi connectivity index (χ1) is 13.6. The van der Waals surface area contributed by atoms with Crippen molar-refractivity contribution in [3.05, 3.63) is 59.7 Å². The molecule has 2 rings (SSSR count). The van der Waals surface area contributed by atoms with E-state index in [9.17, 15) is 22.8 Å². The van der Waals surface area contributed by atoms with E-state index in [0.29, 0.717) is 11.3 Å². The number of amides is 2. The van der Waals surface area contributed by atoms with Crippen LogP contribution >= 0.6 is 0 Å². The van der Waals surface area contributed by atoms with Gasteiger partial charge in [-0.25, -0.2) is 0 Å². The van der Waals surface area contributed by atoms with Crippen LogP contribution < -0.4 is 10.6 Å². The molecule has 2 amide bonds. The first-order valence-corrected chi connectivity index (χ1v) is 8.59. The van der Waals surface area contributed by atoms with Crippen molar-refractivity contribution in [3.63, 3.8) is 0 Å². The molecular formula is C20H19F3N4O2. The van der Waals surface area contributed by atoms with Crippen LogP contribution in [0.2, 0.25) is 0 Å². The highest BCUT2D eigenvalue weighted by Gasteiger charge is 2.33. The first-order valence-electron chi connectivity index (χ1n) is 8.59. The Kier molecular flexibility index (Phi) is 6.96. The maximum atomic E-state index is 13.0. The largest absolute Gasteiger partial charge is 0.418 e. The van der Waals surface area contributed by atoms with Gasteiger partial charge in [-0.2, -0.15) is 18.4 Å². The summed E-state index contributed by atoms with van der Waals surface area (Å²) in [4.78, 5) is 25.9. The van der Waals surface area contributed by atoms with E-state index in [2.05, 4.69) is 10.6 Å². The van der Waals surface area contributed by atoms with E-state index in [1.165, 1.54) is 36.2 Å². The highest BCUT2D eigenvalue weighted by atomic mass is 19.4. The van der Waals surface area contributed by atoms with Crippen LogP contribution in [0.15, 0.2) is 48.5 Å². The maximum Gasteiger partial charge on any atom is 0.418 e. The molecule has 2 aromatic carbocycles. The van der Waals surface area contributed by atoms with E-state index in [1.54, 1.807) is 25.1 Å². The van der Waals surface area contributed by atoms with Gasteiger partial charge in [-0.3, -0.25) is 14.5 Å². The number of nitrogens with one attached hydrogen (secondary N) is 2. The SMILES string of the molecule is C[C@H](C(=O)Nc1cccc(C#N)c1)N(C)CC(=O)Nc1ccccc1C(F)(F)F. The number of likely N-dealkylation sites (N-methyl/N-ethyl adjacent to an activating group) is 1. The normalized spacial score (nSPS) is 12.2. The highest BCUT2D eigenvalue weighted by molar-refractivity contribution is 5.96. The fraction of sp³-hybridized carbons (Fsp3) is 0.250. The lowest BCUT2D eigenvalue weighted by Crippen LogP contribution is -2.43. The highest BCUT2D eigenvalue weighted by Crippen LogP contribution is 2.34. The Morgan fingerprint density at radius 1 is 1.14 bits per heavy atom. The molecule has 1 atom stereocenters. The monoisotopic (exact) mass is 404 g/mol. The van der Waals surface area contributed by atoms with Gasteiger partial charge in [0, 0.05) is 5.69 Å². The standard InChI is InChI=1S/C20H19F3N4O2/c1-13(19(29)25-15-7-5-6-14(10-15)11-24)27(2)12-18(28)26-17-9-4-3-8-16(17)20(21,22)23/h3-10,13H,12H2,1-2H3,(H,25,29)(H,26,28)/t13-/m1/s1. The van der Waals surface area contributed by atoms with Gasteiger partial charge in [0.05, 0.1) is 35.5 Å². The van der Waals surface area contributed by atoms with E-state index in [4.69, 9.17) is 5.26 Å². The van der Waals surface area contributed by atoms with Crippen molar-refractivity contribution >= 4 is 23.2 Å². The molecule has 0 heterocycles. The average molecular weight is 404 g/mol. The fourth-order valence-electron chi connectivity index (χ4n) is 2.51. The van der Waals surface area contributed by atoms with Gasteiger partial charge >= 0.3 is 6.18 Å². The molecule has 2 N–H and O–H groups in total. The van der Waals surface area contributed by atoms with Crippen LogP contribution in [0, 0.1) is 11.3 Å². The van der Waals surface area contributed by atoms with Crippen molar-refractivity contribution < 1.29 is 22.8 Å². The first kappa shape index (κ1) is 21.9. The molecule has 0 aliphatic carbocycles. The summed E-state index contributed by atoms with van der Waals surface area (Å²) in [5.74, 6) is -1.11. The third kappa shape index (κ3) is 6.05. The van der Waals surface area contributed by atoms with Gasteiger partial charge in [0.2, 0.25) is 11.8 Å². The summed E-state index contributed by atoms with van der Waals surface area (Å²) in [7, 11) is 1.51. The summed E-state index contributed by atoms with van der Waals surface area (Å²) in [5.41, 5.74) is -0.479. The molecular weight excluding hydrogens is 385 g/mol. The van der Waals surface area contributed by atoms with E-state index >= 15 is 0 Å². The smallest absolute Gasteiger partial charge is 0.325 e. The van der Waals surface area contributed by atoms with Crippen LogP contribution in [0.25, 0.3) is 0 Å². The van der Waals surface area contributed by atoms with Gasteiger partial charge in [0.25, 0.3) is 0 Å². The number of hydrogen-bond acceptors (Lipinski definition) is 4. The lowest BCUT2D eigenvalue weighted by atomic mass is 10.1. The second-order valence-corrected chi connectivity index (χ2v) is 6.36. The van der Waals surface area contributed by atoms with E-state index in [0.717, 1.165) is 6.07 Å². The van der Waals surface area contributed by atoms with Gasteiger partial charge < -0.3 is 10.6 Å². The van der Waals surface area contributed by atoms with Crippen LogP contribution in [-0.2, 0) is 15.8 Å². The average Bonchev–Trinajstić information content (AvgIpc) is 2.66. The summed E-state index contributed by atoms with van der Waals surface area (Å²) >= 11 is 0. The van der Waals surface area contributed by atoms with Gasteiger partial charge in [0.1, 0.15) is 0 Å². The minimum Gasteiger partial charge on any atom is -0.325 e. The second-order valence-electron chi connectivity index (χ2n) is 6.36. The number of alkyl halides is 3. The van der Waals surface area contributed by atoms with Crippen molar-refractivity contribution in [1.82, 2.24) is 4.90 Å². The number of nitriles is 1. The molecule has 0 bridgehead atoms. The number of nitrogens with zero attached hydrogens (tertiary/aromatic N) is 2. The van der Waals surface area contributed by atoms with Crippen molar-refractivity contribution in [2.45, 2.75) is 19.1 Å². The Bertz CT molecular complexity index is 938. The molecule has 0 aromatic heterocycles. The molecule has 9 heteroatoms. The Balaban J connectivity index is 1.98. The van der Waals surface area contributed by atoms with Gasteiger partial charge in [-0.05, 0) is 44.3 Å². The number of halogens is 3. The summed E-state index contributed by atoms with van der Waals surface area (Å²) in [6, 6.07) is 12.2. The van der Waals surface area contributed by atoms with E-state index < -0.39 is 29.6 Å². The fourth-order valence-corrected chi connectivity index (χ4v) is 2.51. The van der Waals surface area contributed by atoms with Crippen LogP contribution in [0.5, 0.6) is 0 Å². The Morgan fingerprint density at radius 3 is 2.48 bits per heavy atom. The molecule has 0 aliphatic rings. The molecule has 6 nitrogen and oxygen atoms in total. The minimum atomic E-state index is -4.60. The molecule has 0 saturated heterocycles. The number of benzene rings is 2. The van der Waals surface area contributed by atoms with Gasteiger partial charge in [-0.1, -0.05) is 18.2 Å². The Hall–Kier alpha value is -3.38. The zero-order valence-corrected chi connectivity index (χ0v) is 15.7. The van der Waals surface area contributed by atoms with E-state index in [-0.39, 0.29) is 12.2 Å². The molecule has 29 heavy (non-hydrogen) atoms. The van der Waals surface area contributed by atoms with Crippen molar-refractivity contribution in [2.24, 2.45) is 0 Å². The molecule has 0 aliphatic heterocycles. The van der Waals surface area contributed by atoms with Crippen LogP contribution in [0.3, 0.4) is 0 Å². The summed E-state index contributed by atoms with van der Waals surface area (Å²) in [5, 5.41) is 13.8. The minimum absolute atomic E-state index is 0.293. The zero-order chi connectivity index (χ0) is 21.6. The molecule has 0 unspecified atom stereocenters. The number of carbonyl (C=O) groups excluding carboxylic acids is 2. The van der Waals surface area contributed by atoms with Crippen LogP contribution in [-0.4, -0.2) is 36.3 Å². The number of carbonyl (C=O) groups is 2. The predicted octanol–water partition coefficient (Wildman–Crippen LogP) is 3.47. The summed E-state index contributed by atoms with van der Waals surface area (Å²) in [6.07, 6.45) is -4.60. The molecule has 152 valence electrons. The molecule has 0 saturated carbocycles. The third-order valence-corrected chi connectivity index (χ3v) is 4.20. The Labute approximate surface area is 165 Å². The van der Waals surface area contributed by atoms with Crippen LogP contribution in [0.1, 0.15) is 18.1 Å². The summed E-state index contributed by atoms with van der Waals surface area (Å²) in [6.45, 7) is 1.26. The van der Waals surface area contributed by atoms with E-state index in [1.807, 2.05) is 6.07 Å². The lowest BCUT2D eigenvalue weighted by molar-refractivity contribution is -0.137. The number of hydrogen-bond donors (Lipinski definition) is 2. The zero-order valence-electron chi connectivity index (χ0n) is 15.7. The van der Waals surface area contributed by atoms with Gasteiger partial charge in [-0.15, -0.1) is 0 Å². The molecule has 0 spiro atoms. The lowest BCUT2D eigenvalue weighted by Gasteiger charge is -2.23. The number of para-hydroxylation sites is 1.